The maximum absolute atomic E-state index is 8.71. The fourth-order valence-corrected chi connectivity index (χ4v) is 4.16. The quantitative estimate of drug-likeness (QED) is 0.127. The Balaban J connectivity index is 0.000000275. The minimum Gasteiger partial charge on any atom is -0.471 e. The molecule has 0 saturated carbocycles. The third-order valence-electron chi connectivity index (χ3n) is 5.25. The number of furan rings is 1. The molecule has 4 nitrogen and oxygen atoms in total. The van der Waals surface area contributed by atoms with Gasteiger partial charge in [-0.3, -0.25) is 0 Å². The first-order valence-electron chi connectivity index (χ1n) is 9.45. The van der Waals surface area contributed by atoms with Crippen molar-refractivity contribution in [3.63, 3.8) is 0 Å². The molecular formula is C23H21N3OS. The number of fused-ring (bicyclic) bond motifs is 5. The summed E-state index contributed by atoms with van der Waals surface area (Å²) in [7, 11) is 0. The van der Waals surface area contributed by atoms with E-state index in [1.165, 1.54) is 51.9 Å². The summed E-state index contributed by atoms with van der Waals surface area (Å²) in [5.41, 5.74) is 12.8. The summed E-state index contributed by atoms with van der Waals surface area (Å²) in [5, 5.41) is 8.95. The van der Waals surface area contributed by atoms with Gasteiger partial charge in [-0.1, -0.05) is 47.6 Å². The third-order valence-corrected chi connectivity index (χ3v) is 5.50. The van der Waals surface area contributed by atoms with E-state index in [-0.39, 0.29) is 0 Å². The summed E-state index contributed by atoms with van der Waals surface area (Å²) in [5.74, 6) is 0. The number of benzene rings is 3. The number of hydrogen-bond acceptors (Lipinski definition) is 3. The Morgan fingerprint density at radius 2 is 1.89 bits per heavy atom. The van der Waals surface area contributed by atoms with Crippen LogP contribution in [0.2, 0.25) is 0 Å². The molecule has 0 N–H and O–H groups in total. The maximum atomic E-state index is 8.71. The number of aryl methyl sites for hydroxylation is 2. The average molecular weight is 388 g/mol. The average Bonchev–Trinajstić information content (AvgIpc) is 3.23. The van der Waals surface area contributed by atoms with Gasteiger partial charge in [0.15, 0.2) is 0 Å². The fraction of sp³-hybridized carbons (Fsp3) is 0.217. The smallest absolute Gasteiger partial charge is 0.104 e. The monoisotopic (exact) mass is 387 g/mol. The molecule has 5 heteroatoms. The van der Waals surface area contributed by atoms with E-state index in [2.05, 4.69) is 69.5 Å². The summed E-state index contributed by atoms with van der Waals surface area (Å²) in [6, 6.07) is 17.0. The Hall–Kier alpha value is -2.88. The number of rotatable bonds is 2. The van der Waals surface area contributed by atoms with Crippen LogP contribution in [0.1, 0.15) is 29.5 Å². The molecule has 0 bridgehead atoms. The van der Waals surface area contributed by atoms with Crippen LogP contribution in [0.25, 0.3) is 32.0 Å². The van der Waals surface area contributed by atoms with Gasteiger partial charge in [0.05, 0.1) is 12.8 Å². The van der Waals surface area contributed by atoms with Crippen LogP contribution in [0.5, 0.6) is 0 Å². The zero-order chi connectivity index (χ0) is 19.3. The lowest BCUT2D eigenvalue weighted by Crippen LogP contribution is -2.04. The summed E-state index contributed by atoms with van der Waals surface area (Å²) in [6.07, 6.45) is 7.98. The van der Waals surface area contributed by atoms with Crippen LogP contribution in [-0.4, -0.2) is 0 Å². The van der Waals surface area contributed by atoms with E-state index in [0.29, 0.717) is 6.54 Å². The van der Waals surface area contributed by atoms with Crippen LogP contribution in [0.4, 0.5) is 0 Å². The van der Waals surface area contributed by atoms with Crippen LogP contribution in [-0.2, 0) is 19.4 Å². The molecule has 0 amide bonds. The lowest BCUT2D eigenvalue weighted by molar-refractivity contribution is 0.562. The van der Waals surface area contributed by atoms with Gasteiger partial charge < -0.3 is 4.42 Å². The Morgan fingerprint density at radius 3 is 2.64 bits per heavy atom. The van der Waals surface area contributed by atoms with Crippen molar-refractivity contribution in [3.05, 3.63) is 88.2 Å². The van der Waals surface area contributed by atoms with Crippen molar-refractivity contribution in [2.24, 2.45) is 5.11 Å². The van der Waals surface area contributed by atoms with Gasteiger partial charge in [0.2, 0.25) is 0 Å². The minimum atomic E-state index is 0.425. The third kappa shape index (κ3) is 3.72. The van der Waals surface area contributed by atoms with Crippen LogP contribution < -0.4 is 0 Å². The summed E-state index contributed by atoms with van der Waals surface area (Å²) < 4.78 is 4.64. The van der Waals surface area contributed by atoms with E-state index in [1.54, 1.807) is 18.6 Å². The molecule has 5 rings (SSSR count). The Labute approximate surface area is 169 Å². The van der Waals surface area contributed by atoms with Gasteiger partial charge in [-0.2, -0.15) is 0 Å². The number of nitrogens with zero attached hydrogens (tertiary/aromatic N) is 3. The second kappa shape index (κ2) is 8.42. The van der Waals surface area contributed by atoms with E-state index >= 15 is 0 Å². The van der Waals surface area contributed by atoms with Crippen molar-refractivity contribution in [1.29, 1.82) is 0 Å². The number of azide groups is 1. The van der Waals surface area contributed by atoms with Gasteiger partial charge in [-0.05, 0) is 75.5 Å². The topological polar surface area (TPSA) is 61.9 Å². The first kappa shape index (κ1) is 18.5. The molecule has 1 aromatic heterocycles. The SMILES string of the molecule is Sc1ccoc1.[N-]=[N+]=NCc1cc2ccccc2c2ccc3c(c12)CCCC3. The molecule has 28 heavy (non-hydrogen) atoms. The minimum absolute atomic E-state index is 0.425. The summed E-state index contributed by atoms with van der Waals surface area (Å²) in [4.78, 5) is 3.83. The molecule has 0 unspecified atom stereocenters. The molecule has 1 heterocycles. The largest absolute Gasteiger partial charge is 0.471 e. The molecule has 4 aromatic rings. The van der Waals surface area contributed by atoms with Gasteiger partial charge in [0, 0.05) is 9.81 Å². The van der Waals surface area contributed by atoms with Gasteiger partial charge in [-0.15, -0.1) is 12.6 Å². The standard InChI is InChI=1S/C19H17N3.C4H4OS/c20-22-21-12-15-11-14-6-2-3-7-16(14)18-10-9-13-5-1-4-8-17(13)19(15)18;6-4-1-2-5-3-4/h2-3,6-7,9-11H,1,4-5,8,12H2;1-3,6H. The lowest BCUT2D eigenvalue weighted by Gasteiger charge is -2.21. The van der Waals surface area contributed by atoms with Gasteiger partial charge in [0.1, 0.15) is 6.26 Å². The first-order valence-corrected chi connectivity index (χ1v) is 9.90. The Bertz CT molecular complexity index is 1160. The van der Waals surface area contributed by atoms with Crippen molar-refractivity contribution in [1.82, 2.24) is 0 Å². The first-order chi connectivity index (χ1) is 13.8. The van der Waals surface area contributed by atoms with Gasteiger partial charge >= 0.3 is 0 Å². The van der Waals surface area contributed by atoms with Crippen molar-refractivity contribution >= 4 is 34.2 Å². The predicted molar refractivity (Wildman–Crippen MR) is 117 cm³/mol. The fourth-order valence-electron chi connectivity index (χ4n) is 4.04. The predicted octanol–water partition coefficient (Wildman–Crippen LogP) is 7.25. The molecule has 3 aromatic carbocycles. The molecule has 0 fully saturated rings. The van der Waals surface area contributed by atoms with E-state index in [1.807, 2.05) is 0 Å². The van der Waals surface area contributed by atoms with Crippen molar-refractivity contribution in [2.45, 2.75) is 37.1 Å². The molecule has 0 saturated heterocycles. The number of hydrogen-bond donors (Lipinski definition) is 1. The van der Waals surface area contributed by atoms with Gasteiger partial charge in [-0.25, -0.2) is 0 Å². The summed E-state index contributed by atoms with van der Waals surface area (Å²) in [6.45, 7) is 0.425. The van der Waals surface area contributed by atoms with Crippen molar-refractivity contribution in [3.8, 4) is 0 Å². The highest BCUT2D eigenvalue weighted by Gasteiger charge is 2.16. The van der Waals surface area contributed by atoms with Crippen molar-refractivity contribution < 1.29 is 4.42 Å². The molecule has 0 spiro atoms. The van der Waals surface area contributed by atoms with E-state index in [9.17, 15) is 0 Å². The van der Waals surface area contributed by atoms with Crippen LogP contribution in [0, 0.1) is 0 Å². The highest BCUT2D eigenvalue weighted by atomic mass is 32.1. The zero-order valence-corrected chi connectivity index (χ0v) is 16.4. The molecule has 1 aliphatic rings. The zero-order valence-electron chi connectivity index (χ0n) is 15.5. The summed E-state index contributed by atoms with van der Waals surface area (Å²) >= 11 is 3.94. The Kier molecular flexibility index (Phi) is 5.56. The molecule has 1 aliphatic carbocycles. The highest BCUT2D eigenvalue weighted by Crippen LogP contribution is 2.36. The van der Waals surface area contributed by atoms with E-state index in [0.717, 1.165) is 16.9 Å². The normalized spacial score (nSPS) is 12.8. The molecule has 140 valence electrons. The van der Waals surface area contributed by atoms with Crippen molar-refractivity contribution in [2.75, 3.05) is 0 Å². The molecule has 0 atom stereocenters. The maximum Gasteiger partial charge on any atom is 0.104 e. The van der Waals surface area contributed by atoms with Gasteiger partial charge in [0.25, 0.3) is 0 Å². The number of thiol groups is 1. The molecule has 0 radical (unpaired) electrons. The lowest BCUT2D eigenvalue weighted by atomic mass is 9.84. The van der Waals surface area contributed by atoms with Crippen LogP contribution >= 0.6 is 12.6 Å². The molecular weight excluding hydrogens is 366 g/mol. The van der Waals surface area contributed by atoms with E-state index < -0.39 is 0 Å². The molecule has 0 aliphatic heterocycles. The highest BCUT2D eigenvalue weighted by molar-refractivity contribution is 7.80. The van der Waals surface area contributed by atoms with Crippen LogP contribution in [0.15, 0.2) is 75.5 Å². The van der Waals surface area contributed by atoms with Crippen LogP contribution in [0.3, 0.4) is 0 Å². The second-order valence-corrected chi connectivity index (χ2v) is 7.48. The Morgan fingerprint density at radius 1 is 1.04 bits per heavy atom. The van der Waals surface area contributed by atoms with E-state index in [4.69, 9.17) is 5.53 Å². The second-order valence-electron chi connectivity index (χ2n) is 6.96.